The third-order valence-electron chi connectivity index (χ3n) is 2.70. The number of benzene rings is 1. The van der Waals surface area contributed by atoms with Crippen molar-refractivity contribution >= 4 is 17.5 Å². The summed E-state index contributed by atoms with van der Waals surface area (Å²) >= 11 is 5.66. The smallest absolute Gasteiger partial charge is 0.409 e. The molecule has 0 aromatic heterocycles. The van der Waals surface area contributed by atoms with Gasteiger partial charge in [-0.15, -0.1) is 0 Å². The van der Waals surface area contributed by atoms with Gasteiger partial charge >= 0.3 is 6.18 Å². The van der Waals surface area contributed by atoms with Crippen LogP contribution >= 0.6 is 11.6 Å². The maximum Gasteiger partial charge on any atom is 0.409 e. The van der Waals surface area contributed by atoms with Crippen LogP contribution in [0, 0.1) is 11.3 Å². The maximum absolute atomic E-state index is 12.7. The number of alkyl halides is 3. The van der Waals surface area contributed by atoms with Crippen LogP contribution in [0.15, 0.2) is 24.3 Å². The SMILES string of the molecule is CN(C(=O)COc1ccc(Cl)cc1)C(CC#N)C(F)(F)F. The summed E-state index contributed by atoms with van der Waals surface area (Å²) in [5, 5.41) is 8.90. The highest BCUT2D eigenvalue weighted by Gasteiger charge is 2.43. The summed E-state index contributed by atoms with van der Waals surface area (Å²) in [6.45, 7) is -0.559. The van der Waals surface area contributed by atoms with E-state index in [1.165, 1.54) is 30.3 Å². The molecule has 8 heteroatoms. The fourth-order valence-corrected chi connectivity index (χ4v) is 1.64. The molecule has 1 rings (SSSR count). The molecule has 0 spiro atoms. The average molecular weight is 321 g/mol. The number of carbonyl (C=O) groups is 1. The number of halogens is 4. The van der Waals surface area contributed by atoms with Crippen molar-refractivity contribution in [3.63, 3.8) is 0 Å². The minimum atomic E-state index is -4.67. The number of carbonyl (C=O) groups excluding carboxylic acids is 1. The van der Waals surface area contributed by atoms with Gasteiger partial charge in [-0.1, -0.05) is 11.6 Å². The number of nitrogens with zero attached hydrogens (tertiary/aromatic N) is 2. The van der Waals surface area contributed by atoms with E-state index in [1.807, 2.05) is 0 Å². The summed E-state index contributed by atoms with van der Waals surface area (Å²) in [7, 11) is 0.989. The topological polar surface area (TPSA) is 53.3 Å². The van der Waals surface area contributed by atoms with E-state index in [4.69, 9.17) is 21.6 Å². The molecule has 1 unspecified atom stereocenters. The molecule has 0 radical (unpaired) electrons. The number of hydrogen-bond donors (Lipinski definition) is 0. The first kappa shape index (κ1) is 17.1. The predicted octanol–water partition coefficient (Wildman–Crippen LogP) is 3.02. The van der Waals surface area contributed by atoms with Crippen LogP contribution in [-0.2, 0) is 4.79 Å². The molecule has 1 atom stereocenters. The minimum absolute atomic E-state index is 0.310. The molecule has 1 aromatic rings. The van der Waals surface area contributed by atoms with Crippen LogP contribution in [0.3, 0.4) is 0 Å². The molecular formula is C13H12ClF3N2O2. The molecule has 0 aliphatic rings. The Bertz CT molecular complexity index is 526. The van der Waals surface area contributed by atoms with Gasteiger partial charge in [-0.2, -0.15) is 18.4 Å². The molecule has 0 heterocycles. The number of rotatable bonds is 5. The van der Waals surface area contributed by atoms with Crippen molar-refractivity contribution < 1.29 is 22.7 Å². The van der Waals surface area contributed by atoms with Gasteiger partial charge in [-0.25, -0.2) is 0 Å². The second-order valence-electron chi connectivity index (χ2n) is 4.17. The summed E-state index contributed by atoms with van der Waals surface area (Å²) < 4.78 is 43.3. The zero-order chi connectivity index (χ0) is 16.0. The normalized spacial score (nSPS) is 12.4. The Balaban J connectivity index is 2.65. The Kier molecular flexibility index (Phi) is 5.85. The molecule has 114 valence electrons. The van der Waals surface area contributed by atoms with Crippen molar-refractivity contribution in [2.45, 2.75) is 18.6 Å². The zero-order valence-electron chi connectivity index (χ0n) is 11.0. The first-order chi connectivity index (χ1) is 9.75. The number of amides is 1. The van der Waals surface area contributed by atoms with E-state index in [9.17, 15) is 18.0 Å². The molecule has 0 saturated heterocycles. The van der Waals surface area contributed by atoms with E-state index in [-0.39, 0.29) is 0 Å². The summed E-state index contributed by atoms with van der Waals surface area (Å²) in [5.41, 5.74) is 0. The van der Waals surface area contributed by atoms with Crippen molar-refractivity contribution in [3.05, 3.63) is 29.3 Å². The highest BCUT2D eigenvalue weighted by Crippen LogP contribution is 2.26. The standard InChI is InChI=1S/C13H12ClF3N2O2/c1-19(11(6-7-18)13(15,16)17)12(20)8-21-10-4-2-9(14)3-5-10/h2-5,11H,6,8H2,1H3. The molecule has 4 nitrogen and oxygen atoms in total. The van der Waals surface area contributed by atoms with Gasteiger partial charge in [0.05, 0.1) is 12.5 Å². The van der Waals surface area contributed by atoms with E-state index in [2.05, 4.69) is 0 Å². The lowest BCUT2D eigenvalue weighted by Crippen LogP contribution is -2.47. The molecular weight excluding hydrogens is 309 g/mol. The summed E-state index contributed by atoms with van der Waals surface area (Å²) in [6.07, 6.45) is -5.49. The second-order valence-corrected chi connectivity index (χ2v) is 4.60. The van der Waals surface area contributed by atoms with Crippen LogP contribution < -0.4 is 4.74 Å². The Morgan fingerprint density at radius 1 is 1.43 bits per heavy atom. The quantitative estimate of drug-likeness (QED) is 0.838. The fraction of sp³-hybridized carbons (Fsp3) is 0.385. The second kappa shape index (κ2) is 7.18. The van der Waals surface area contributed by atoms with E-state index in [0.717, 1.165) is 7.05 Å². The largest absolute Gasteiger partial charge is 0.484 e. The van der Waals surface area contributed by atoms with Gasteiger partial charge in [0.25, 0.3) is 5.91 Å². The van der Waals surface area contributed by atoms with Crippen LogP contribution in [0.5, 0.6) is 5.75 Å². The molecule has 0 N–H and O–H groups in total. The van der Waals surface area contributed by atoms with E-state index >= 15 is 0 Å². The fourth-order valence-electron chi connectivity index (χ4n) is 1.51. The highest BCUT2D eigenvalue weighted by atomic mass is 35.5. The van der Waals surface area contributed by atoms with Crippen molar-refractivity contribution in [1.29, 1.82) is 5.26 Å². The van der Waals surface area contributed by atoms with Gasteiger partial charge in [0.15, 0.2) is 6.61 Å². The van der Waals surface area contributed by atoms with Gasteiger partial charge in [-0.3, -0.25) is 4.79 Å². The van der Waals surface area contributed by atoms with Gasteiger partial charge in [0.2, 0.25) is 0 Å². The lowest BCUT2D eigenvalue weighted by Gasteiger charge is -2.28. The number of nitriles is 1. The number of ether oxygens (including phenoxy) is 1. The van der Waals surface area contributed by atoms with Gasteiger partial charge < -0.3 is 9.64 Å². The van der Waals surface area contributed by atoms with Crippen LogP contribution in [0.1, 0.15) is 6.42 Å². The van der Waals surface area contributed by atoms with Crippen molar-refractivity contribution in [2.75, 3.05) is 13.7 Å². The van der Waals surface area contributed by atoms with E-state index < -0.39 is 31.2 Å². The van der Waals surface area contributed by atoms with Crippen LogP contribution in [0.25, 0.3) is 0 Å². The summed E-state index contributed by atoms with van der Waals surface area (Å²) in [6, 6.07) is 5.31. The van der Waals surface area contributed by atoms with Crippen LogP contribution in [0.2, 0.25) is 5.02 Å². The number of hydrogen-bond acceptors (Lipinski definition) is 3. The first-order valence-electron chi connectivity index (χ1n) is 5.83. The Hall–Kier alpha value is -1.94. The zero-order valence-corrected chi connectivity index (χ0v) is 11.8. The van der Waals surface area contributed by atoms with Gasteiger partial charge in [0, 0.05) is 12.1 Å². The van der Waals surface area contributed by atoms with Crippen molar-refractivity contribution in [2.24, 2.45) is 0 Å². The summed E-state index contributed by atoms with van der Waals surface area (Å²) in [4.78, 5) is 12.2. The molecule has 0 aliphatic heterocycles. The highest BCUT2D eigenvalue weighted by molar-refractivity contribution is 6.30. The molecule has 0 bridgehead atoms. The monoisotopic (exact) mass is 320 g/mol. The molecule has 0 saturated carbocycles. The molecule has 0 fully saturated rings. The van der Waals surface area contributed by atoms with Crippen LogP contribution in [0.4, 0.5) is 13.2 Å². The lowest BCUT2D eigenvalue weighted by molar-refractivity contribution is -0.186. The minimum Gasteiger partial charge on any atom is -0.484 e. The number of likely N-dealkylation sites (N-methyl/N-ethyl adjacent to an activating group) is 1. The first-order valence-corrected chi connectivity index (χ1v) is 6.21. The molecule has 1 amide bonds. The Morgan fingerprint density at radius 3 is 2.48 bits per heavy atom. The van der Waals surface area contributed by atoms with Gasteiger partial charge in [0.1, 0.15) is 11.8 Å². The summed E-state index contributed by atoms with van der Waals surface area (Å²) in [5.74, 6) is -0.562. The molecule has 1 aromatic carbocycles. The Morgan fingerprint density at radius 2 is 2.00 bits per heavy atom. The van der Waals surface area contributed by atoms with E-state index in [0.29, 0.717) is 15.7 Å². The third kappa shape index (κ3) is 5.16. The molecule has 21 heavy (non-hydrogen) atoms. The predicted molar refractivity (Wildman–Crippen MR) is 69.8 cm³/mol. The lowest BCUT2D eigenvalue weighted by atomic mass is 10.2. The third-order valence-corrected chi connectivity index (χ3v) is 2.95. The van der Waals surface area contributed by atoms with Gasteiger partial charge in [-0.05, 0) is 24.3 Å². The van der Waals surface area contributed by atoms with Crippen LogP contribution in [-0.4, -0.2) is 36.7 Å². The molecule has 0 aliphatic carbocycles. The van der Waals surface area contributed by atoms with Crippen molar-refractivity contribution in [1.82, 2.24) is 4.90 Å². The Labute approximate surface area is 124 Å². The van der Waals surface area contributed by atoms with E-state index in [1.54, 1.807) is 0 Å². The van der Waals surface area contributed by atoms with Crippen molar-refractivity contribution in [3.8, 4) is 11.8 Å². The average Bonchev–Trinajstić information content (AvgIpc) is 2.41. The maximum atomic E-state index is 12.7.